The summed E-state index contributed by atoms with van der Waals surface area (Å²) in [5, 5.41) is 7.63. The number of aromatic nitrogens is 4. The van der Waals surface area contributed by atoms with Crippen molar-refractivity contribution in [1.29, 1.82) is 0 Å². The number of nitrogens with zero attached hydrogens (tertiary/aromatic N) is 4. The molecule has 2 atom stereocenters. The van der Waals surface area contributed by atoms with Gasteiger partial charge in [0, 0.05) is 10.9 Å². The van der Waals surface area contributed by atoms with E-state index in [0.717, 1.165) is 12.0 Å². The van der Waals surface area contributed by atoms with Gasteiger partial charge in [0.05, 0.1) is 11.9 Å². The van der Waals surface area contributed by atoms with Crippen LogP contribution in [0.4, 0.5) is 5.69 Å². The minimum absolute atomic E-state index is 0.00108. The summed E-state index contributed by atoms with van der Waals surface area (Å²) < 4.78 is 1.56. The fourth-order valence-electron chi connectivity index (χ4n) is 2.72. The van der Waals surface area contributed by atoms with Crippen molar-refractivity contribution in [2.24, 2.45) is 5.92 Å². The number of nitrogens with one attached hydrogen (secondary N) is 1. The van der Waals surface area contributed by atoms with E-state index in [0.29, 0.717) is 16.5 Å². The molecule has 2 unspecified atom stereocenters. The Morgan fingerprint density at radius 3 is 2.71 bits per heavy atom. The predicted molar refractivity (Wildman–Crippen MR) is 90.1 cm³/mol. The lowest BCUT2D eigenvalue weighted by atomic mass is 10.1. The summed E-state index contributed by atoms with van der Waals surface area (Å²) in [6, 6.07) is 11.3. The summed E-state index contributed by atoms with van der Waals surface area (Å²) in [5.74, 6) is 0.937. The molecule has 0 bridgehead atoms. The zero-order chi connectivity index (χ0) is 16.5. The van der Waals surface area contributed by atoms with E-state index in [1.807, 2.05) is 30.3 Å². The second-order valence-electron chi connectivity index (χ2n) is 5.73. The third-order valence-electron chi connectivity index (χ3n) is 4.09. The smallest absolute Gasteiger partial charge is 0.228 e. The lowest BCUT2D eigenvalue weighted by Crippen LogP contribution is -2.15. The van der Waals surface area contributed by atoms with Gasteiger partial charge in [0.15, 0.2) is 5.82 Å². The molecule has 24 heavy (non-hydrogen) atoms. The Labute approximate surface area is 143 Å². The van der Waals surface area contributed by atoms with Crippen LogP contribution in [0.3, 0.4) is 0 Å². The van der Waals surface area contributed by atoms with Gasteiger partial charge >= 0.3 is 0 Å². The fraction of sp³-hybridized carbons (Fsp3) is 0.176. The van der Waals surface area contributed by atoms with Gasteiger partial charge in [0.1, 0.15) is 12.7 Å². The SMILES string of the molecule is O=C(Nc1ccc(-n2cncn2)nc1)C1CC1c1ccc(Cl)cc1. The van der Waals surface area contributed by atoms with Crippen LogP contribution in [-0.4, -0.2) is 25.7 Å². The van der Waals surface area contributed by atoms with Crippen LogP contribution in [0.15, 0.2) is 55.2 Å². The van der Waals surface area contributed by atoms with Gasteiger partial charge in [-0.2, -0.15) is 5.10 Å². The van der Waals surface area contributed by atoms with Crippen molar-refractivity contribution in [3.63, 3.8) is 0 Å². The maximum Gasteiger partial charge on any atom is 0.228 e. The molecule has 0 spiro atoms. The van der Waals surface area contributed by atoms with Gasteiger partial charge in [-0.05, 0) is 42.2 Å². The van der Waals surface area contributed by atoms with Crippen molar-refractivity contribution in [1.82, 2.24) is 19.7 Å². The molecule has 1 aromatic carbocycles. The first kappa shape index (κ1) is 14.8. The Morgan fingerprint density at radius 1 is 1.21 bits per heavy atom. The average molecular weight is 340 g/mol. The normalized spacial score (nSPS) is 19.0. The maximum atomic E-state index is 12.3. The van der Waals surface area contributed by atoms with E-state index in [1.54, 1.807) is 23.3 Å². The molecular formula is C17H14ClN5O. The predicted octanol–water partition coefficient (Wildman–Crippen LogP) is 3.06. The zero-order valence-corrected chi connectivity index (χ0v) is 13.4. The number of carbonyl (C=O) groups is 1. The van der Waals surface area contributed by atoms with Crippen LogP contribution in [0.5, 0.6) is 0 Å². The monoisotopic (exact) mass is 339 g/mol. The molecule has 7 heteroatoms. The van der Waals surface area contributed by atoms with Gasteiger partial charge in [0.25, 0.3) is 0 Å². The number of rotatable bonds is 4. The van der Waals surface area contributed by atoms with Gasteiger partial charge in [-0.25, -0.2) is 14.6 Å². The molecule has 0 aliphatic heterocycles. The molecule has 120 valence electrons. The van der Waals surface area contributed by atoms with Crippen molar-refractivity contribution in [3.05, 3.63) is 65.8 Å². The molecule has 1 aliphatic carbocycles. The molecule has 1 saturated carbocycles. The maximum absolute atomic E-state index is 12.3. The summed E-state index contributed by atoms with van der Waals surface area (Å²) in [6.07, 6.45) is 5.50. The molecule has 6 nitrogen and oxygen atoms in total. The summed E-state index contributed by atoms with van der Waals surface area (Å²) in [5.41, 5.74) is 1.82. The van der Waals surface area contributed by atoms with Gasteiger partial charge in [-0.1, -0.05) is 23.7 Å². The highest BCUT2D eigenvalue weighted by molar-refractivity contribution is 6.30. The third kappa shape index (κ3) is 3.00. The molecule has 0 saturated heterocycles. The van der Waals surface area contributed by atoms with Crippen molar-refractivity contribution >= 4 is 23.2 Å². The van der Waals surface area contributed by atoms with Crippen molar-refractivity contribution in [2.75, 3.05) is 5.32 Å². The zero-order valence-electron chi connectivity index (χ0n) is 12.6. The van der Waals surface area contributed by atoms with Crippen molar-refractivity contribution < 1.29 is 4.79 Å². The minimum Gasteiger partial charge on any atom is -0.324 e. The molecule has 2 aromatic heterocycles. The molecule has 0 radical (unpaired) electrons. The number of benzene rings is 1. The lowest BCUT2D eigenvalue weighted by Gasteiger charge is -2.06. The van der Waals surface area contributed by atoms with E-state index in [1.165, 1.54) is 6.33 Å². The van der Waals surface area contributed by atoms with Crippen LogP contribution in [0.2, 0.25) is 5.02 Å². The van der Waals surface area contributed by atoms with E-state index in [-0.39, 0.29) is 17.7 Å². The molecule has 1 N–H and O–H groups in total. The number of carbonyl (C=O) groups excluding carboxylic acids is 1. The highest BCUT2D eigenvalue weighted by atomic mass is 35.5. The van der Waals surface area contributed by atoms with Gasteiger partial charge in [-0.3, -0.25) is 4.79 Å². The average Bonchev–Trinajstić information content (AvgIpc) is 3.21. The van der Waals surface area contributed by atoms with Crippen LogP contribution < -0.4 is 5.32 Å². The number of anilines is 1. The van der Waals surface area contributed by atoms with Gasteiger partial charge in [0.2, 0.25) is 5.91 Å². The molecular weight excluding hydrogens is 326 g/mol. The first-order chi connectivity index (χ1) is 11.7. The third-order valence-corrected chi connectivity index (χ3v) is 4.35. The molecule has 4 rings (SSSR count). The number of hydrogen-bond acceptors (Lipinski definition) is 4. The molecule has 2 heterocycles. The lowest BCUT2D eigenvalue weighted by molar-refractivity contribution is -0.117. The number of hydrogen-bond donors (Lipinski definition) is 1. The first-order valence-electron chi connectivity index (χ1n) is 7.58. The Morgan fingerprint density at radius 2 is 2.04 bits per heavy atom. The second kappa shape index (κ2) is 6.05. The minimum atomic E-state index is 0.00108. The second-order valence-corrected chi connectivity index (χ2v) is 6.17. The number of amides is 1. The van der Waals surface area contributed by atoms with Crippen molar-refractivity contribution in [2.45, 2.75) is 12.3 Å². The number of halogens is 1. The summed E-state index contributed by atoms with van der Waals surface area (Å²) in [7, 11) is 0. The Hall–Kier alpha value is -2.73. The van der Waals surface area contributed by atoms with Gasteiger partial charge in [-0.15, -0.1) is 0 Å². The Kier molecular flexibility index (Phi) is 3.74. The quantitative estimate of drug-likeness (QED) is 0.793. The van der Waals surface area contributed by atoms with Crippen LogP contribution >= 0.6 is 11.6 Å². The first-order valence-corrected chi connectivity index (χ1v) is 7.96. The van der Waals surface area contributed by atoms with E-state index in [2.05, 4.69) is 20.4 Å². The summed E-state index contributed by atoms with van der Waals surface area (Å²) in [4.78, 5) is 20.5. The van der Waals surface area contributed by atoms with Crippen molar-refractivity contribution in [3.8, 4) is 5.82 Å². The Bertz CT molecular complexity index is 846. The molecule has 1 fully saturated rings. The summed E-state index contributed by atoms with van der Waals surface area (Å²) >= 11 is 5.90. The van der Waals surface area contributed by atoms with E-state index in [9.17, 15) is 4.79 Å². The standard InChI is InChI=1S/C17H14ClN5O/c18-12-3-1-11(2-4-12)14-7-15(14)17(24)22-13-5-6-16(20-8-13)23-10-19-9-21-23/h1-6,8-10,14-15H,7H2,(H,22,24). The topological polar surface area (TPSA) is 72.7 Å². The Balaban J connectivity index is 1.39. The van der Waals surface area contributed by atoms with Crippen LogP contribution in [0.25, 0.3) is 5.82 Å². The summed E-state index contributed by atoms with van der Waals surface area (Å²) in [6.45, 7) is 0. The number of pyridine rings is 1. The highest BCUT2D eigenvalue weighted by Gasteiger charge is 2.43. The van der Waals surface area contributed by atoms with E-state index < -0.39 is 0 Å². The molecule has 1 amide bonds. The van der Waals surface area contributed by atoms with Crippen LogP contribution in [0.1, 0.15) is 17.9 Å². The fourth-order valence-corrected chi connectivity index (χ4v) is 2.85. The molecule has 3 aromatic rings. The largest absolute Gasteiger partial charge is 0.324 e. The van der Waals surface area contributed by atoms with Crippen LogP contribution in [-0.2, 0) is 4.79 Å². The highest BCUT2D eigenvalue weighted by Crippen LogP contribution is 2.48. The molecule has 1 aliphatic rings. The van der Waals surface area contributed by atoms with E-state index in [4.69, 9.17) is 11.6 Å². The van der Waals surface area contributed by atoms with E-state index >= 15 is 0 Å². The van der Waals surface area contributed by atoms with Crippen LogP contribution in [0, 0.1) is 5.92 Å². The van der Waals surface area contributed by atoms with Gasteiger partial charge < -0.3 is 5.32 Å².